The summed E-state index contributed by atoms with van der Waals surface area (Å²) in [4.78, 5) is 10.8. The fraction of sp³-hybridized carbons (Fsp3) is 0.296. The molecule has 1 N–H and O–H groups in total. The second-order valence-electron chi connectivity index (χ2n) is 8.47. The number of phenols is 1. The van der Waals surface area contributed by atoms with Crippen molar-refractivity contribution >= 4 is 16.1 Å². The van der Waals surface area contributed by atoms with Gasteiger partial charge >= 0.3 is 0 Å². The van der Waals surface area contributed by atoms with E-state index in [2.05, 4.69) is 24.3 Å². The Balaban J connectivity index is 1.67. The molecule has 4 rings (SSSR count). The quantitative estimate of drug-likeness (QED) is 0.370. The first-order chi connectivity index (χ1) is 15.5. The van der Waals surface area contributed by atoms with E-state index in [0.29, 0.717) is 24.2 Å². The number of unbranched alkanes of at least 4 members (excludes halogenated alkanes) is 2. The fourth-order valence-electron chi connectivity index (χ4n) is 4.80. The van der Waals surface area contributed by atoms with Gasteiger partial charge in [0.1, 0.15) is 12.0 Å². The number of carbonyl (C=O) groups excluding carboxylic acids is 1. The lowest BCUT2D eigenvalue weighted by atomic mass is 9.69. The van der Waals surface area contributed by atoms with Gasteiger partial charge in [0, 0.05) is 12.3 Å². The third-order valence-corrected chi connectivity index (χ3v) is 8.22. The summed E-state index contributed by atoms with van der Waals surface area (Å²) in [5, 5.41) is 9.97. The molecular formula is C27H28O4S. The largest absolute Gasteiger partial charge is 0.508 e. The number of carbonyl (C=O) groups is 1. The minimum Gasteiger partial charge on any atom is -0.508 e. The summed E-state index contributed by atoms with van der Waals surface area (Å²) in [7, 11) is -3.37. The van der Waals surface area contributed by atoms with Crippen LogP contribution >= 0.6 is 0 Å². The Bertz CT molecular complexity index is 1170. The zero-order chi connectivity index (χ0) is 22.6. The van der Waals surface area contributed by atoms with Gasteiger partial charge < -0.3 is 9.90 Å². The number of fused-ring (bicyclic) bond motifs is 1. The lowest BCUT2D eigenvalue weighted by molar-refractivity contribution is -0.107. The molecule has 2 atom stereocenters. The summed E-state index contributed by atoms with van der Waals surface area (Å²) in [5.41, 5.74) is 4.68. The van der Waals surface area contributed by atoms with E-state index < -0.39 is 9.84 Å². The highest BCUT2D eigenvalue weighted by atomic mass is 32.2. The van der Waals surface area contributed by atoms with Crippen molar-refractivity contribution in [1.82, 2.24) is 0 Å². The molecule has 32 heavy (non-hydrogen) atoms. The average molecular weight is 449 g/mol. The maximum Gasteiger partial charge on any atom is 0.178 e. The molecule has 0 heterocycles. The second-order valence-corrected chi connectivity index (χ2v) is 10.6. The highest BCUT2D eigenvalue weighted by Crippen LogP contribution is 2.47. The topological polar surface area (TPSA) is 71.4 Å². The van der Waals surface area contributed by atoms with Crippen molar-refractivity contribution in [1.29, 1.82) is 0 Å². The molecule has 1 aliphatic carbocycles. The zero-order valence-corrected chi connectivity index (χ0v) is 18.8. The van der Waals surface area contributed by atoms with Crippen LogP contribution in [0, 0.1) is 0 Å². The van der Waals surface area contributed by atoms with Crippen molar-refractivity contribution in [2.45, 2.75) is 48.8 Å². The van der Waals surface area contributed by atoms with Gasteiger partial charge in [-0.25, -0.2) is 8.42 Å². The number of aryl methyl sites for hydroxylation is 1. The van der Waals surface area contributed by atoms with E-state index in [1.807, 2.05) is 30.3 Å². The monoisotopic (exact) mass is 448 g/mol. The summed E-state index contributed by atoms with van der Waals surface area (Å²) in [5.74, 6) is 0.695. The highest BCUT2D eigenvalue weighted by Gasteiger charge is 2.32. The average Bonchev–Trinajstić information content (AvgIpc) is 2.81. The number of rotatable bonds is 8. The Morgan fingerprint density at radius 1 is 0.906 bits per heavy atom. The number of hydrogen-bond acceptors (Lipinski definition) is 4. The molecule has 5 heteroatoms. The Labute approximate surface area is 189 Å². The van der Waals surface area contributed by atoms with Crippen molar-refractivity contribution in [3.05, 3.63) is 95.1 Å². The highest BCUT2D eigenvalue weighted by molar-refractivity contribution is 7.91. The van der Waals surface area contributed by atoms with Crippen LogP contribution in [0.1, 0.15) is 59.8 Å². The lowest BCUT2D eigenvalue weighted by Crippen LogP contribution is -2.20. The molecule has 3 aromatic carbocycles. The van der Waals surface area contributed by atoms with Crippen molar-refractivity contribution in [3.63, 3.8) is 0 Å². The normalized spacial score (nSPS) is 18.1. The molecule has 4 nitrogen and oxygen atoms in total. The first kappa shape index (κ1) is 22.3. The number of aldehydes is 1. The minimum absolute atomic E-state index is 0.0539. The van der Waals surface area contributed by atoms with Crippen LogP contribution in [0.3, 0.4) is 0 Å². The van der Waals surface area contributed by atoms with Crippen molar-refractivity contribution in [2.75, 3.05) is 5.75 Å². The van der Waals surface area contributed by atoms with Crippen molar-refractivity contribution in [3.8, 4) is 5.75 Å². The smallest absolute Gasteiger partial charge is 0.178 e. The molecule has 0 saturated carbocycles. The number of sulfone groups is 1. The summed E-state index contributed by atoms with van der Waals surface area (Å²) in [6.07, 6.45) is 4.15. The van der Waals surface area contributed by atoms with E-state index in [1.165, 1.54) is 11.1 Å². The van der Waals surface area contributed by atoms with E-state index in [4.69, 9.17) is 0 Å². The van der Waals surface area contributed by atoms with Gasteiger partial charge in [0.2, 0.25) is 0 Å². The maximum absolute atomic E-state index is 12.7. The number of benzene rings is 3. The molecule has 0 bridgehead atoms. The van der Waals surface area contributed by atoms with Crippen LogP contribution in [0.2, 0.25) is 0 Å². The third kappa shape index (κ3) is 4.78. The number of hydrogen-bond donors (Lipinski definition) is 1. The Kier molecular flexibility index (Phi) is 6.75. The minimum atomic E-state index is -3.37. The molecule has 1 aliphatic rings. The van der Waals surface area contributed by atoms with Crippen LogP contribution in [0.4, 0.5) is 0 Å². The van der Waals surface area contributed by atoms with E-state index in [9.17, 15) is 18.3 Å². The molecule has 3 aromatic rings. The summed E-state index contributed by atoms with van der Waals surface area (Å²) in [6, 6.07) is 23.3. The molecule has 0 radical (unpaired) electrons. The van der Waals surface area contributed by atoms with Crippen LogP contribution in [0.25, 0.3) is 0 Å². The standard InChI is InChI=1S/C27H28O4S/c28-17-5-2-6-18-32(30,31)24-13-9-21(10-14-24)27-25(20-7-3-1-4-8-20)15-11-22-19-23(29)12-16-26(22)27/h1,3-4,7-10,12-14,16-17,19,25,27,29H,2,5-6,11,15,18H2/t25-,27?/m1/s1. The summed E-state index contributed by atoms with van der Waals surface area (Å²) >= 11 is 0. The lowest BCUT2D eigenvalue weighted by Gasteiger charge is -2.35. The summed E-state index contributed by atoms with van der Waals surface area (Å²) in [6.45, 7) is 0. The maximum atomic E-state index is 12.7. The van der Waals surface area contributed by atoms with Crippen LogP contribution in [-0.2, 0) is 21.1 Å². The van der Waals surface area contributed by atoms with Gasteiger partial charge in [-0.1, -0.05) is 48.5 Å². The SMILES string of the molecule is O=CCCCCS(=O)(=O)c1ccc(C2c3ccc(O)cc3CC[C@@H]2c2ccccc2)cc1. The van der Waals surface area contributed by atoms with Crippen molar-refractivity contribution < 1.29 is 18.3 Å². The molecule has 0 fully saturated rings. The molecular weight excluding hydrogens is 420 g/mol. The van der Waals surface area contributed by atoms with Crippen LogP contribution in [0.5, 0.6) is 5.75 Å². The molecule has 166 valence electrons. The predicted octanol–water partition coefficient (Wildman–Crippen LogP) is 5.40. The molecule has 0 aromatic heterocycles. The van der Waals surface area contributed by atoms with Gasteiger partial charge in [0.15, 0.2) is 9.84 Å². The predicted molar refractivity (Wildman–Crippen MR) is 126 cm³/mol. The van der Waals surface area contributed by atoms with Gasteiger partial charge in [-0.2, -0.15) is 0 Å². The molecule has 0 amide bonds. The van der Waals surface area contributed by atoms with Gasteiger partial charge in [0.25, 0.3) is 0 Å². The molecule has 0 aliphatic heterocycles. The van der Waals surface area contributed by atoms with Gasteiger partial charge in [-0.15, -0.1) is 0 Å². The van der Waals surface area contributed by atoms with Crippen LogP contribution < -0.4 is 0 Å². The number of aromatic hydroxyl groups is 1. The molecule has 0 spiro atoms. The van der Waals surface area contributed by atoms with E-state index in [-0.39, 0.29) is 23.3 Å². The summed E-state index contributed by atoms with van der Waals surface area (Å²) < 4.78 is 25.4. The fourth-order valence-corrected chi connectivity index (χ4v) is 6.17. The Hall–Kier alpha value is -2.92. The van der Waals surface area contributed by atoms with E-state index in [1.54, 1.807) is 18.2 Å². The molecule has 0 saturated heterocycles. The van der Waals surface area contributed by atoms with Crippen LogP contribution in [0.15, 0.2) is 77.7 Å². The van der Waals surface area contributed by atoms with Gasteiger partial charge in [-0.05, 0) is 78.1 Å². The first-order valence-corrected chi connectivity index (χ1v) is 12.8. The van der Waals surface area contributed by atoms with Crippen molar-refractivity contribution in [2.24, 2.45) is 0 Å². The van der Waals surface area contributed by atoms with E-state index in [0.717, 1.165) is 30.3 Å². The first-order valence-electron chi connectivity index (χ1n) is 11.1. The van der Waals surface area contributed by atoms with Gasteiger partial charge in [-0.3, -0.25) is 0 Å². The van der Waals surface area contributed by atoms with Crippen LogP contribution in [-0.4, -0.2) is 25.6 Å². The Morgan fingerprint density at radius 3 is 2.38 bits per heavy atom. The Morgan fingerprint density at radius 2 is 1.66 bits per heavy atom. The zero-order valence-electron chi connectivity index (χ0n) is 18.0. The molecule has 1 unspecified atom stereocenters. The second kappa shape index (κ2) is 9.70. The number of phenolic OH excluding ortho intramolecular Hbond substituents is 1. The third-order valence-electron chi connectivity index (χ3n) is 6.40. The van der Waals surface area contributed by atoms with E-state index >= 15 is 0 Å². The van der Waals surface area contributed by atoms with Gasteiger partial charge in [0.05, 0.1) is 10.6 Å².